The molecule has 5 rings (SSSR count). The van der Waals surface area contributed by atoms with Crippen LogP contribution in [0.1, 0.15) is 62.0 Å². The smallest absolute Gasteiger partial charge is 0.233 e. The van der Waals surface area contributed by atoms with Crippen LogP contribution in [0, 0.1) is 5.41 Å². The molecule has 0 aromatic heterocycles. The molecule has 0 bridgehead atoms. The van der Waals surface area contributed by atoms with Crippen molar-refractivity contribution >= 4 is 11.8 Å². The van der Waals surface area contributed by atoms with Gasteiger partial charge in [-0.05, 0) is 54.4 Å². The topological polar surface area (TPSA) is 58.6 Å². The van der Waals surface area contributed by atoms with Crippen molar-refractivity contribution in [2.45, 2.75) is 56.3 Å². The average molecular weight is 447 g/mol. The normalized spacial score (nSPS) is 23.8. The van der Waals surface area contributed by atoms with Crippen LogP contribution in [-0.2, 0) is 15.0 Å². The van der Waals surface area contributed by atoms with E-state index in [1.807, 2.05) is 30.3 Å². The molecule has 1 atom stereocenters. The molecule has 1 saturated carbocycles. The van der Waals surface area contributed by atoms with Gasteiger partial charge in [-0.3, -0.25) is 9.59 Å². The molecule has 0 radical (unpaired) electrons. The summed E-state index contributed by atoms with van der Waals surface area (Å²) in [6.45, 7) is 2.09. The van der Waals surface area contributed by atoms with Crippen LogP contribution in [-0.4, -0.2) is 43.5 Å². The van der Waals surface area contributed by atoms with Gasteiger partial charge in [-0.25, -0.2) is 0 Å². The monoisotopic (exact) mass is 446 g/mol. The second-order valence-electron chi connectivity index (χ2n) is 10.1. The van der Waals surface area contributed by atoms with Crippen LogP contribution in [0.3, 0.4) is 0 Å². The predicted molar refractivity (Wildman–Crippen MR) is 128 cm³/mol. The summed E-state index contributed by atoms with van der Waals surface area (Å²) in [5, 5.41) is 3.09. The van der Waals surface area contributed by atoms with E-state index in [9.17, 15) is 9.59 Å². The number of carbonyl (C=O) groups is 2. The molecule has 1 N–H and O–H groups in total. The molecule has 2 saturated heterocycles. The van der Waals surface area contributed by atoms with Gasteiger partial charge in [0.05, 0.1) is 12.5 Å². The highest BCUT2D eigenvalue weighted by molar-refractivity contribution is 5.89. The lowest BCUT2D eigenvalue weighted by Gasteiger charge is -2.50. The molecule has 3 fully saturated rings. The Balaban J connectivity index is 1.38. The van der Waals surface area contributed by atoms with Crippen molar-refractivity contribution in [3.8, 4) is 5.75 Å². The van der Waals surface area contributed by atoms with Crippen LogP contribution >= 0.6 is 0 Å². The van der Waals surface area contributed by atoms with E-state index >= 15 is 0 Å². The first-order valence-electron chi connectivity index (χ1n) is 12.3. The predicted octanol–water partition coefficient (Wildman–Crippen LogP) is 4.42. The highest BCUT2D eigenvalue weighted by Gasteiger charge is 2.50. The third kappa shape index (κ3) is 3.92. The summed E-state index contributed by atoms with van der Waals surface area (Å²) in [6.07, 6.45) is 6.34. The number of rotatable bonds is 4. The Morgan fingerprint density at radius 1 is 1.00 bits per heavy atom. The number of benzene rings is 2. The number of nitrogens with one attached hydrogen (secondary N) is 1. The van der Waals surface area contributed by atoms with Crippen molar-refractivity contribution in [2.75, 3.05) is 26.7 Å². The molecule has 1 unspecified atom stereocenters. The summed E-state index contributed by atoms with van der Waals surface area (Å²) < 4.78 is 5.46. The van der Waals surface area contributed by atoms with E-state index in [0.29, 0.717) is 18.9 Å². The van der Waals surface area contributed by atoms with Crippen molar-refractivity contribution in [1.82, 2.24) is 10.2 Å². The Morgan fingerprint density at radius 2 is 1.73 bits per heavy atom. The molecule has 5 nitrogen and oxygen atoms in total. The molecule has 174 valence electrons. The van der Waals surface area contributed by atoms with Crippen LogP contribution < -0.4 is 10.1 Å². The number of piperidine rings is 2. The zero-order valence-electron chi connectivity index (χ0n) is 19.5. The van der Waals surface area contributed by atoms with Crippen molar-refractivity contribution in [1.29, 1.82) is 0 Å². The first kappa shape index (κ1) is 22.0. The van der Waals surface area contributed by atoms with Crippen molar-refractivity contribution < 1.29 is 14.3 Å². The summed E-state index contributed by atoms with van der Waals surface area (Å²) in [4.78, 5) is 28.5. The maximum Gasteiger partial charge on any atom is 0.233 e. The average Bonchev–Trinajstić information content (AvgIpc) is 3.36. The molecule has 2 heterocycles. The molecule has 2 aliphatic heterocycles. The Labute approximate surface area is 196 Å². The van der Waals surface area contributed by atoms with E-state index in [1.54, 1.807) is 7.11 Å². The number of likely N-dealkylation sites (tertiary alicyclic amines) is 1. The molecular formula is C28H34N2O3. The van der Waals surface area contributed by atoms with E-state index in [4.69, 9.17) is 4.74 Å². The number of carbonyl (C=O) groups excluding carboxylic acids is 2. The van der Waals surface area contributed by atoms with Gasteiger partial charge >= 0.3 is 0 Å². The van der Waals surface area contributed by atoms with Gasteiger partial charge in [0.1, 0.15) is 5.75 Å². The largest absolute Gasteiger partial charge is 0.497 e. The molecule has 3 aliphatic rings. The number of methoxy groups -OCH3 is 1. The minimum Gasteiger partial charge on any atom is -0.497 e. The van der Waals surface area contributed by atoms with Gasteiger partial charge in [0.2, 0.25) is 11.8 Å². The number of hydrogen-bond acceptors (Lipinski definition) is 3. The molecule has 2 aromatic carbocycles. The highest BCUT2D eigenvalue weighted by Crippen LogP contribution is 2.50. The summed E-state index contributed by atoms with van der Waals surface area (Å²) >= 11 is 0. The quantitative estimate of drug-likeness (QED) is 0.756. The molecule has 1 aliphatic carbocycles. The molecular weight excluding hydrogens is 412 g/mol. The van der Waals surface area contributed by atoms with Gasteiger partial charge in [-0.2, -0.15) is 0 Å². The standard InChI is InChI=1S/C28H34N2O3/c1-33-23-11-7-8-21(18-23)24-20-29-25(31)19-27(24)14-16-30(17-15-27)26(32)28(12-5-6-13-28)22-9-3-2-4-10-22/h2-4,7-11,18,24H,5-6,12-17,19-20H2,1H3,(H,29,31). The van der Waals surface area contributed by atoms with E-state index < -0.39 is 0 Å². The number of hydrogen-bond donors (Lipinski definition) is 1. The molecule has 5 heteroatoms. The Bertz CT molecular complexity index is 1000. The van der Waals surface area contributed by atoms with E-state index in [-0.39, 0.29) is 22.7 Å². The van der Waals surface area contributed by atoms with Gasteiger partial charge in [-0.1, -0.05) is 55.3 Å². The summed E-state index contributed by atoms with van der Waals surface area (Å²) in [7, 11) is 1.69. The van der Waals surface area contributed by atoms with Crippen LogP contribution in [0.5, 0.6) is 5.75 Å². The lowest BCUT2D eigenvalue weighted by molar-refractivity contribution is -0.141. The van der Waals surface area contributed by atoms with Crippen LogP contribution in [0.2, 0.25) is 0 Å². The maximum absolute atomic E-state index is 13.9. The molecule has 2 amide bonds. The van der Waals surface area contributed by atoms with Crippen molar-refractivity contribution in [3.05, 3.63) is 65.7 Å². The van der Waals surface area contributed by atoms with Crippen LogP contribution in [0.4, 0.5) is 0 Å². The van der Waals surface area contributed by atoms with Gasteiger partial charge < -0.3 is 15.0 Å². The highest BCUT2D eigenvalue weighted by atomic mass is 16.5. The number of ether oxygens (including phenoxy) is 1. The Morgan fingerprint density at radius 3 is 2.42 bits per heavy atom. The Kier molecular flexibility index (Phi) is 5.90. The minimum absolute atomic E-state index is 0.110. The summed E-state index contributed by atoms with van der Waals surface area (Å²) in [5.41, 5.74) is 1.90. The maximum atomic E-state index is 13.9. The first-order valence-corrected chi connectivity index (χ1v) is 12.3. The Hall–Kier alpha value is -2.82. The van der Waals surface area contributed by atoms with Crippen LogP contribution in [0.25, 0.3) is 0 Å². The van der Waals surface area contributed by atoms with E-state index in [1.165, 1.54) is 11.1 Å². The zero-order chi connectivity index (χ0) is 22.9. The van der Waals surface area contributed by atoms with E-state index in [0.717, 1.165) is 57.4 Å². The summed E-state index contributed by atoms with van der Waals surface area (Å²) in [6, 6.07) is 18.6. The first-order chi connectivity index (χ1) is 16.1. The van der Waals surface area contributed by atoms with Gasteiger partial charge in [0.25, 0.3) is 0 Å². The molecule has 1 spiro atoms. The molecule has 2 aromatic rings. The van der Waals surface area contributed by atoms with Gasteiger partial charge in [0.15, 0.2) is 0 Å². The SMILES string of the molecule is COc1cccc(C2CNC(=O)CC23CCN(C(=O)C2(c4ccccc4)CCCC2)CC3)c1. The third-order valence-corrected chi connectivity index (χ3v) is 8.49. The fourth-order valence-corrected chi connectivity index (χ4v) is 6.61. The van der Waals surface area contributed by atoms with Gasteiger partial charge in [-0.15, -0.1) is 0 Å². The lowest BCUT2D eigenvalue weighted by Crippen LogP contribution is -2.55. The molecule has 33 heavy (non-hydrogen) atoms. The number of amides is 2. The lowest BCUT2D eigenvalue weighted by atomic mass is 9.62. The van der Waals surface area contributed by atoms with Crippen LogP contribution in [0.15, 0.2) is 54.6 Å². The summed E-state index contributed by atoms with van der Waals surface area (Å²) in [5.74, 6) is 1.50. The van der Waals surface area contributed by atoms with Crippen molar-refractivity contribution in [3.63, 3.8) is 0 Å². The van der Waals surface area contributed by atoms with Crippen molar-refractivity contribution in [2.24, 2.45) is 5.41 Å². The fraction of sp³-hybridized carbons (Fsp3) is 0.500. The van der Waals surface area contributed by atoms with E-state index in [2.05, 4.69) is 34.5 Å². The third-order valence-electron chi connectivity index (χ3n) is 8.49. The second kappa shape index (κ2) is 8.85. The number of nitrogens with zero attached hydrogens (tertiary/aromatic N) is 1. The van der Waals surface area contributed by atoms with Gasteiger partial charge in [0, 0.05) is 32.0 Å². The zero-order valence-corrected chi connectivity index (χ0v) is 19.5. The second-order valence-corrected chi connectivity index (χ2v) is 10.1. The fourth-order valence-electron chi connectivity index (χ4n) is 6.61. The minimum atomic E-state index is -0.373.